The highest BCUT2D eigenvalue weighted by Gasteiger charge is 2.31. The Morgan fingerprint density at radius 3 is 1.68 bits per heavy atom. The molecule has 2 aromatic carbocycles. The van der Waals surface area contributed by atoms with Gasteiger partial charge in [0.15, 0.2) is 0 Å². The summed E-state index contributed by atoms with van der Waals surface area (Å²) >= 11 is 0. The molecule has 0 saturated carbocycles. The fourth-order valence-electron chi connectivity index (χ4n) is 3.91. The summed E-state index contributed by atoms with van der Waals surface area (Å²) in [5.41, 5.74) is 11.8. The zero-order valence-corrected chi connectivity index (χ0v) is 12.6. The van der Waals surface area contributed by atoms with Crippen LogP contribution < -0.4 is 0 Å². The molecule has 0 radical (unpaired) electrons. The first-order chi connectivity index (χ1) is 8.97. The molecule has 3 rings (SSSR count). The minimum absolute atomic E-state index is 0.621. The summed E-state index contributed by atoms with van der Waals surface area (Å²) in [5, 5.41) is 0. The second-order valence-electron chi connectivity index (χ2n) is 6.22. The highest BCUT2D eigenvalue weighted by molar-refractivity contribution is 5.56. The van der Waals surface area contributed by atoms with E-state index in [0.29, 0.717) is 5.92 Å². The van der Waals surface area contributed by atoms with Crippen molar-refractivity contribution in [3.63, 3.8) is 0 Å². The lowest BCUT2D eigenvalue weighted by Crippen LogP contribution is -2.22. The second-order valence-corrected chi connectivity index (χ2v) is 6.22. The van der Waals surface area contributed by atoms with Crippen LogP contribution in [0.25, 0.3) is 0 Å². The Labute approximate surface area is 116 Å². The van der Waals surface area contributed by atoms with Gasteiger partial charge in [-0.15, -0.1) is 0 Å². The molecule has 0 heteroatoms. The minimum atomic E-state index is 0.621. The Morgan fingerprint density at radius 2 is 1.16 bits per heavy atom. The zero-order valence-electron chi connectivity index (χ0n) is 12.6. The number of rotatable bonds is 1. The van der Waals surface area contributed by atoms with E-state index in [1.165, 1.54) is 34.2 Å². The average Bonchev–Trinajstić information content (AvgIpc) is 2.23. The van der Waals surface area contributed by atoms with Gasteiger partial charge in [-0.1, -0.05) is 35.4 Å². The molecule has 98 valence electrons. The number of fused-ring (bicyclic) bond motifs is 1. The molecule has 19 heavy (non-hydrogen) atoms. The minimum Gasteiger partial charge on any atom is -0.0561 e. The molecule has 1 aliphatic rings. The lowest BCUT2D eigenvalue weighted by Gasteiger charge is -2.35. The second kappa shape index (κ2) is 4.23. The quantitative estimate of drug-likeness (QED) is 0.674. The highest BCUT2D eigenvalue weighted by atomic mass is 14.3. The van der Waals surface area contributed by atoms with Crippen molar-refractivity contribution in [2.24, 2.45) is 0 Å². The predicted molar refractivity (Wildman–Crippen MR) is 82.1 cm³/mol. The first kappa shape index (κ1) is 12.5. The molecule has 2 aromatic rings. The first-order valence-corrected chi connectivity index (χ1v) is 7.15. The van der Waals surface area contributed by atoms with E-state index in [-0.39, 0.29) is 0 Å². The molecule has 1 aliphatic carbocycles. The fraction of sp³-hybridized carbons (Fsp3) is 0.368. The average molecular weight is 250 g/mol. The molecule has 0 fully saturated rings. The number of aryl methyl sites for hydroxylation is 5. The molecule has 0 aromatic heterocycles. The van der Waals surface area contributed by atoms with Crippen molar-refractivity contribution in [2.45, 2.75) is 47.0 Å². The Hall–Kier alpha value is -1.56. The third-order valence-corrected chi connectivity index (χ3v) is 4.48. The smallest absolute Gasteiger partial charge is 0.0140 e. The Bertz CT molecular complexity index is 622. The van der Waals surface area contributed by atoms with Gasteiger partial charge in [-0.2, -0.15) is 0 Å². The van der Waals surface area contributed by atoms with Crippen LogP contribution in [0.15, 0.2) is 24.3 Å². The molecular formula is C19H22. The maximum atomic E-state index is 2.36. The third-order valence-electron chi connectivity index (χ3n) is 4.48. The summed E-state index contributed by atoms with van der Waals surface area (Å²) in [6.45, 7) is 11.2. The van der Waals surface area contributed by atoms with Crippen LogP contribution in [-0.4, -0.2) is 0 Å². The molecule has 0 saturated heterocycles. The highest BCUT2D eigenvalue weighted by Crippen LogP contribution is 2.44. The molecular weight excluding hydrogens is 228 g/mol. The lowest BCUT2D eigenvalue weighted by molar-refractivity contribution is 0.690. The summed E-state index contributed by atoms with van der Waals surface area (Å²) in [4.78, 5) is 0. The van der Waals surface area contributed by atoms with Crippen molar-refractivity contribution in [3.05, 3.63) is 68.8 Å². The number of hydrogen-bond donors (Lipinski definition) is 0. The SMILES string of the molecule is Cc1cc(C)c(C2Cc3cc(C)cc(C)c32)c(C)c1. The van der Waals surface area contributed by atoms with Crippen LogP contribution in [0.2, 0.25) is 0 Å². The molecule has 0 bridgehead atoms. The van der Waals surface area contributed by atoms with E-state index in [9.17, 15) is 0 Å². The van der Waals surface area contributed by atoms with E-state index in [0.717, 1.165) is 0 Å². The molecule has 1 unspecified atom stereocenters. The summed E-state index contributed by atoms with van der Waals surface area (Å²) in [7, 11) is 0. The van der Waals surface area contributed by atoms with Gasteiger partial charge in [-0.25, -0.2) is 0 Å². The Morgan fingerprint density at radius 1 is 0.684 bits per heavy atom. The molecule has 0 N–H and O–H groups in total. The van der Waals surface area contributed by atoms with Gasteiger partial charge in [0, 0.05) is 5.92 Å². The van der Waals surface area contributed by atoms with Gasteiger partial charge in [0.2, 0.25) is 0 Å². The van der Waals surface area contributed by atoms with Gasteiger partial charge in [-0.3, -0.25) is 0 Å². The predicted octanol–water partition coefficient (Wildman–Crippen LogP) is 4.92. The fourth-order valence-corrected chi connectivity index (χ4v) is 3.91. The van der Waals surface area contributed by atoms with Crippen LogP contribution in [0.5, 0.6) is 0 Å². The van der Waals surface area contributed by atoms with E-state index in [4.69, 9.17) is 0 Å². The topological polar surface area (TPSA) is 0 Å². The van der Waals surface area contributed by atoms with Crippen molar-refractivity contribution < 1.29 is 0 Å². The number of hydrogen-bond acceptors (Lipinski definition) is 0. The Balaban J connectivity index is 2.12. The molecule has 1 atom stereocenters. The largest absolute Gasteiger partial charge is 0.0561 e. The summed E-state index contributed by atoms with van der Waals surface area (Å²) in [6.07, 6.45) is 1.21. The summed E-state index contributed by atoms with van der Waals surface area (Å²) < 4.78 is 0. The van der Waals surface area contributed by atoms with Gasteiger partial charge in [0.05, 0.1) is 0 Å². The summed E-state index contributed by atoms with van der Waals surface area (Å²) in [6, 6.07) is 9.33. The van der Waals surface area contributed by atoms with Crippen LogP contribution >= 0.6 is 0 Å². The monoisotopic (exact) mass is 250 g/mol. The standard InChI is InChI=1S/C19H22/c1-11-6-13(3)18(14(4)7-11)17-10-16-9-12(2)8-15(5)19(16)17/h6-9,17H,10H2,1-5H3. The van der Waals surface area contributed by atoms with E-state index >= 15 is 0 Å². The van der Waals surface area contributed by atoms with Crippen molar-refractivity contribution in [1.29, 1.82) is 0 Å². The van der Waals surface area contributed by atoms with Crippen molar-refractivity contribution >= 4 is 0 Å². The van der Waals surface area contributed by atoms with Crippen LogP contribution in [-0.2, 0) is 6.42 Å². The molecule has 0 heterocycles. The van der Waals surface area contributed by atoms with Crippen LogP contribution in [0, 0.1) is 34.6 Å². The van der Waals surface area contributed by atoms with E-state index in [2.05, 4.69) is 58.9 Å². The molecule has 0 nitrogen and oxygen atoms in total. The van der Waals surface area contributed by atoms with Crippen molar-refractivity contribution in [1.82, 2.24) is 0 Å². The van der Waals surface area contributed by atoms with Gasteiger partial charge >= 0.3 is 0 Å². The zero-order chi connectivity index (χ0) is 13.7. The van der Waals surface area contributed by atoms with Crippen molar-refractivity contribution in [2.75, 3.05) is 0 Å². The van der Waals surface area contributed by atoms with Gasteiger partial charge in [0.1, 0.15) is 0 Å². The molecule has 0 spiro atoms. The number of benzene rings is 2. The maximum absolute atomic E-state index is 2.36. The van der Waals surface area contributed by atoms with Crippen LogP contribution in [0.1, 0.15) is 50.4 Å². The maximum Gasteiger partial charge on any atom is 0.0140 e. The molecule has 0 aliphatic heterocycles. The Kier molecular flexibility index (Phi) is 2.78. The van der Waals surface area contributed by atoms with Gasteiger partial charge in [-0.05, 0) is 74.4 Å². The van der Waals surface area contributed by atoms with E-state index in [1.54, 1.807) is 16.7 Å². The van der Waals surface area contributed by atoms with Crippen molar-refractivity contribution in [3.8, 4) is 0 Å². The van der Waals surface area contributed by atoms with Crippen LogP contribution in [0.3, 0.4) is 0 Å². The summed E-state index contributed by atoms with van der Waals surface area (Å²) in [5.74, 6) is 0.621. The van der Waals surface area contributed by atoms with Gasteiger partial charge in [0.25, 0.3) is 0 Å². The van der Waals surface area contributed by atoms with Gasteiger partial charge < -0.3 is 0 Å². The lowest BCUT2D eigenvalue weighted by atomic mass is 9.69. The first-order valence-electron chi connectivity index (χ1n) is 7.15. The van der Waals surface area contributed by atoms with E-state index in [1.807, 2.05) is 0 Å². The molecule has 0 amide bonds. The third kappa shape index (κ3) is 1.90. The normalized spacial score (nSPS) is 17.0. The van der Waals surface area contributed by atoms with Crippen LogP contribution in [0.4, 0.5) is 0 Å². The van der Waals surface area contributed by atoms with E-state index < -0.39 is 0 Å².